The molecule has 0 aromatic carbocycles. The van der Waals surface area contributed by atoms with Gasteiger partial charge in [0.1, 0.15) is 0 Å². The fourth-order valence-corrected chi connectivity index (χ4v) is 1.84. The number of rotatable bonds is 2. The Balaban J connectivity index is 2.46. The zero-order valence-corrected chi connectivity index (χ0v) is 8.56. The van der Waals surface area contributed by atoms with E-state index in [0.717, 1.165) is 0 Å². The van der Waals surface area contributed by atoms with Crippen LogP contribution in [0.25, 0.3) is 0 Å². The van der Waals surface area contributed by atoms with Gasteiger partial charge in [-0.05, 0) is 6.92 Å². The molecular formula is C9H16N2O3. The number of carboxylic acid groups (broad SMARTS) is 1. The summed E-state index contributed by atoms with van der Waals surface area (Å²) in [5, 5.41) is 8.60. The van der Waals surface area contributed by atoms with Gasteiger partial charge in [0.2, 0.25) is 5.91 Å². The lowest BCUT2D eigenvalue weighted by Gasteiger charge is -2.38. The Morgan fingerprint density at radius 3 is 2.50 bits per heavy atom. The van der Waals surface area contributed by atoms with Gasteiger partial charge in [-0.25, -0.2) is 0 Å². The van der Waals surface area contributed by atoms with Crippen LogP contribution >= 0.6 is 0 Å². The Morgan fingerprint density at radius 1 is 1.43 bits per heavy atom. The number of carbonyl (C=O) groups is 2. The van der Waals surface area contributed by atoms with Crippen LogP contribution in [0.3, 0.4) is 0 Å². The van der Waals surface area contributed by atoms with E-state index in [4.69, 9.17) is 5.11 Å². The SMILES string of the molecule is CC(=O)N1CCN(CC(=O)O)C[C@H]1C. The number of hydrogen-bond acceptors (Lipinski definition) is 3. The minimum Gasteiger partial charge on any atom is -0.480 e. The van der Waals surface area contributed by atoms with Crippen molar-refractivity contribution in [2.75, 3.05) is 26.2 Å². The summed E-state index contributed by atoms with van der Waals surface area (Å²) < 4.78 is 0. The molecule has 1 aliphatic rings. The van der Waals surface area contributed by atoms with Crippen molar-refractivity contribution in [1.29, 1.82) is 0 Å². The highest BCUT2D eigenvalue weighted by Crippen LogP contribution is 2.08. The minimum atomic E-state index is -0.812. The van der Waals surface area contributed by atoms with Crippen LogP contribution < -0.4 is 0 Å². The molecule has 1 atom stereocenters. The number of piperazine rings is 1. The second-order valence-corrected chi connectivity index (χ2v) is 3.69. The molecule has 0 aromatic heterocycles. The fraction of sp³-hybridized carbons (Fsp3) is 0.778. The number of amides is 1. The molecule has 1 saturated heterocycles. The normalized spacial score (nSPS) is 23.6. The lowest BCUT2D eigenvalue weighted by atomic mass is 10.2. The molecule has 0 bridgehead atoms. The van der Waals surface area contributed by atoms with E-state index in [1.54, 1.807) is 11.8 Å². The monoisotopic (exact) mass is 200 g/mol. The minimum absolute atomic E-state index is 0.0625. The average molecular weight is 200 g/mol. The van der Waals surface area contributed by atoms with Crippen LogP contribution in [0.2, 0.25) is 0 Å². The zero-order chi connectivity index (χ0) is 10.7. The van der Waals surface area contributed by atoms with Gasteiger partial charge in [-0.1, -0.05) is 0 Å². The molecule has 1 N–H and O–H groups in total. The molecular weight excluding hydrogens is 184 g/mol. The largest absolute Gasteiger partial charge is 0.480 e. The zero-order valence-electron chi connectivity index (χ0n) is 8.56. The summed E-state index contributed by atoms with van der Waals surface area (Å²) in [6.45, 7) is 5.47. The van der Waals surface area contributed by atoms with Crippen molar-refractivity contribution in [1.82, 2.24) is 9.80 Å². The summed E-state index contributed by atoms with van der Waals surface area (Å²) in [6, 6.07) is 0.112. The molecule has 1 amide bonds. The molecule has 14 heavy (non-hydrogen) atoms. The maximum absolute atomic E-state index is 11.1. The van der Waals surface area contributed by atoms with Crippen LogP contribution in [0.4, 0.5) is 0 Å². The number of carbonyl (C=O) groups excluding carboxylic acids is 1. The average Bonchev–Trinajstić information content (AvgIpc) is 2.01. The first-order valence-corrected chi connectivity index (χ1v) is 4.72. The van der Waals surface area contributed by atoms with Gasteiger partial charge in [-0.15, -0.1) is 0 Å². The summed E-state index contributed by atoms with van der Waals surface area (Å²) in [7, 11) is 0. The Hall–Kier alpha value is -1.10. The summed E-state index contributed by atoms with van der Waals surface area (Å²) in [4.78, 5) is 25.2. The molecule has 0 unspecified atom stereocenters. The van der Waals surface area contributed by atoms with Crippen molar-refractivity contribution in [2.45, 2.75) is 19.9 Å². The molecule has 80 valence electrons. The quantitative estimate of drug-likeness (QED) is 0.660. The maximum atomic E-state index is 11.1. The number of aliphatic carboxylic acids is 1. The van der Waals surface area contributed by atoms with Crippen molar-refractivity contribution in [2.24, 2.45) is 0 Å². The molecule has 5 heteroatoms. The molecule has 0 aromatic rings. The molecule has 1 fully saturated rings. The van der Waals surface area contributed by atoms with Gasteiger partial charge in [0.25, 0.3) is 0 Å². The van der Waals surface area contributed by atoms with E-state index in [-0.39, 0.29) is 18.5 Å². The van der Waals surface area contributed by atoms with Crippen LogP contribution in [0.15, 0.2) is 0 Å². The van der Waals surface area contributed by atoms with Gasteiger partial charge in [0.15, 0.2) is 0 Å². The van der Waals surface area contributed by atoms with Gasteiger partial charge >= 0.3 is 5.97 Å². The predicted octanol–water partition coefficient (Wildman–Crippen LogP) is -0.376. The lowest BCUT2D eigenvalue weighted by Crippen LogP contribution is -2.54. The smallest absolute Gasteiger partial charge is 0.317 e. The third kappa shape index (κ3) is 2.70. The first-order chi connectivity index (χ1) is 6.50. The first-order valence-electron chi connectivity index (χ1n) is 4.72. The standard InChI is InChI=1S/C9H16N2O3/c1-7-5-10(6-9(13)14)3-4-11(7)8(2)12/h7H,3-6H2,1-2H3,(H,13,14)/t7-/m1/s1. The van der Waals surface area contributed by atoms with E-state index in [1.807, 2.05) is 11.8 Å². The fourth-order valence-electron chi connectivity index (χ4n) is 1.84. The van der Waals surface area contributed by atoms with Crippen molar-refractivity contribution in [3.63, 3.8) is 0 Å². The molecule has 0 aliphatic carbocycles. The van der Waals surface area contributed by atoms with Gasteiger partial charge in [-0.2, -0.15) is 0 Å². The van der Waals surface area contributed by atoms with E-state index >= 15 is 0 Å². The Bertz CT molecular complexity index is 242. The molecule has 1 rings (SSSR count). The molecule has 0 radical (unpaired) electrons. The lowest BCUT2D eigenvalue weighted by molar-refractivity contribution is -0.140. The Morgan fingerprint density at radius 2 is 2.07 bits per heavy atom. The number of nitrogens with zero attached hydrogens (tertiary/aromatic N) is 2. The molecule has 0 saturated carbocycles. The van der Waals surface area contributed by atoms with E-state index in [9.17, 15) is 9.59 Å². The van der Waals surface area contributed by atoms with Crippen LogP contribution in [0.1, 0.15) is 13.8 Å². The second-order valence-electron chi connectivity index (χ2n) is 3.69. The number of carboxylic acids is 1. The van der Waals surface area contributed by atoms with Crippen LogP contribution in [0, 0.1) is 0 Å². The summed E-state index contributed by atoms with van der Waals surface area (Å²) in [5.74, 6) is -0.749. The first kappa shape index (κ1) is 11.0. The van der Waals surface area contributed by atoms with Crippen LogP contribution in [0.5, 0.6) is 0 Å². The summed E-state index contributed by atoms with van der Waals surface area (Å²) in [6.07, 6.45) is 0. The predicted molar refractivity (Wildman–Crippen MR) is 50.9 cm³/mol. The van der Waals surface area contributed by atoms with E-state index in [0.29, 0.717) is 19.6 Å². The second kappa shape index (κ2) is 4.41. The molecule has 0 spiro atoms. The summed E-state index contributed by atoms with van der Waals surface area (Å²) >= 11 is 0. The van der Waals surface area contributed by atoms with Gasteiger partial charge in [0, 0.05) is 32.6 Å². The third-order valence-corrected chi connectivity index (χ3v) is 2.47. The highest BCUT2D eigenvalue weighted by atomic mass is 16.4. The molecule has 1 aliphatic heterocycles. The van der Waals surface area contributed by atoms with Crippen molar-refractivity contribution >= 4 is 11.9 Å². The van der Waals surface area contributed by atoms with Crippen LogP contribution in [-0.2, 0) is 9.59 Å². The van der Waals surface area contributed by atoms with Gasteiger partial charge in [-0.3, -0.25) is 14.5 Å². The molecule has 1 heterocycles. The maximum Gasteiger partial charge on any atom is 0.317 e. The summed E-state index contributed by atoms with van der Waals surface area (Å²) in [5.41, 5.74) is 0. The van der Waals surface area contributed by atoms with E-state index < -0.39 is 5.97 Å². The Kier molecular flexibility index (Phi) is 3.46. The number of hydrogen-bond donors (Lipinski definition) is 1. The van der Waals surface area contributed by atoms with Crippen molar-refractivity contribution in [3.05, 3.63) is 0 Å². The van der Waals surface area contributed by atoms with Crippen LogP contribution in [-0.4, -0.2) is 59.0 Å². The van der Waals surface area contributed by atoms with Gasteiger partial charge < -0.3 is 10.0 Å². The van der Waals surface area contributed by atoms with E-state index in [2.05, 4.69) is 0 Å². The highest BCUT2D eigenvalue weighted by molar-refractivity contribution is 5.74. The highest BCUT2D eigenvalue weighted by Gasteiger charge is 2.25. The Labute approximate surface area is 83.3 Å². The van der Waals surface area contributed by atoms with Gasteiger partial charge in [0.05, 0.1) is 6.54 Å². The topological polar surface area (TPSA) is 60.9 Å². The third-order valence-electron chi connectivity index (χ3n) is 2.47. The van der Waals surface area contributed by atoms with Crippen molar-refractivity contribution < 1.29 is 14.7 Å². The van der Waals surface area contributed by atoms with E-state index in [1.165, 1.54) is 0 Å². The van der Waals surface area contributed by atoms with Crippen molar-refractivity contribution in [3.8, 4) is 0 Å². The molecule has 5 nitrogen and oxygen atoms in total.